The lowest BCUT2D eigenvalue weighted by atomic mass is 9.92. The number of aromatic nitrogens is 4. The summed E-state index contributed by atoms with van der Waals surface area (Å²) in [4.78, 5) is 8.37. The minimum absolute atomic E-state index is 0.354. The SMILES string of the molecule is COC1CCCC(Nc2cccnc2-n2cncn2)C1. The van der Waals surface area contributed by atoms with Crippen LogP contribution >= 0.6 is 0 Å². The molecule has 0 spiro atoms. The fraction of sp³-hybridized carbons (Fsp3) is 0.500. The fourth-order valence-corrected chi connectivity index (χ4v) is 2.72. The van der Waals surface area contributed by atoms with Gasteiger partial charge >= 0.3 is 0 Å². The Bertz CT molecular complexity index is 542. The molecule has 2 heterocycles. The predicted octanol–water partition coefficient (Wildman–Crippen LogP) is 2.03. The molecule has 1 N–H and O–H groups in total. The summed E-state index contributed by atoms with van der Waals surface area (Å²) in [7, 11) is 1.79. The average Bonchev–Trinajstić information content (AvgIpc) is 3.02. The van der Waals surface area contributed by atoms with Crippen LogP contribution in [0.3, 0.4) is 0 Å². The zero-order valence-electron chi connectivity index (χ0n) is 11.6. The molecule has 0 saturated heterocycles. The van der Waals surface area contributed by atoms with Crippen molar-refractivity contribution in [1.29, 1.82) is 0 Å². The molecule has 0 radical (unpaired) electrons. The van der Waals surface area contributed by atoms with Crippen LogP contribution in [0.25, 0.3) is 5.82 Å². The van der Waals surface area contributed by atoms with Crippen LogP contribution in [-0.4, -0.2) is 39.0 Å². The first-order valence-electron chi connectivity index (χ1n) is 6.96. The van der Waals surface area contributed by atoms with E-state index in [1.54, 1.807) is 24.3 Å². The first-order chi connectivity index (χ1) is 9.86. The highest BCUT2D eigenvalue weighted by Crippen LogP contribution is 2.25. The van der Waals surface area contributed by atoms with E-state index < -0.39 is 0 Å². The van der Waals surface area contributed by atoms with Crippen LogP contribution in [-0.2, 0) is 4.74 Å². The van der Waals surface area contributed by atoms with Gasteiger partial charge in [0, 0.05) is 19.3 Å². The van der Waals surface area contributed by atoms with E-state index in [9.17, 15) is 0 Å². The third-order valence-corrected chi connectivity index (χ3v) is 3.74. The molecule has 1 aliphatic carbocycles. The summed E-state index contributed by atoms with van der Waals surface area (Å²) in [6.45, 7) is 0. The van der Waals surface area contributed by atoms with E-state index >= 15 is 0 Å². The molecular formula is C14H19N5O. The molecule has 1 saturated carbocycles. The third kappa shape index (κ3) is 2.80. The monoisotopic (exact) mass is 273 g/mol. The number of nitrogens with one attached hydrogen (secondary N) is 1. The first kappa shape index (κ1) is 13.1. The largest absolute Gasteiger partial charge is 0.381 e. The number of methoxy groups -OCH3 is 1. The molecule has 2 aromatic rings. The molecule has 1 aliphatic rings. The fourth-order valence-electron chi connectivity index (χ4n) is 2.72. The highest BCUT2D eigenvalue weighted by molar-refractivity contribution is 5.56. The number of rotatable bonds is 4. The van der Waals surface area contributed by atoms with Crippen LogP contribution < -0.4 is 5.32 Å². The number of hydrogen-bond acceptors (Lipinski definition) is 5. The molecule has 3 rings (SSSR count). The van der Waals surface area contributed by atoms with Gasteiger partial charge in [-0.1, -0.05) is 0 Å². The molecule has 1 fully saturated rings. The van der Waals surface area contributed by atoms with Crippen LogP contribution in [0.2, 0.25) is 0 Å². The molecule has 2 aromatic heterocycles. The Labute approximate surface area is 118 Å². The average molecular weight is 273 g/mol. The maximum Gasteiger partial charge on any atom is 0.178 e. The molecule has 0 aliphatic heterocycles. The summed E-state index contributed by atoms with van der Waals surface area (Å²) in [5.74, 6) is 0.782. The van der Waals surface area contributed by atoms with E-state index in [1.165, 1.54) is 12.7 Å². The highest BCUT2D eigenvalue weighted by Gasteiger charge is 2.22. The van der Waals surface area contributed by atoms with Crippen LogP contribution in [0.1, 0.15) is 25.7 Å². The quantitative estimate of drug-likeness (QED) is 0.923. The standard InChI is InChI=1S/C14H19N5O/c1-20-12-5-2-4-11(8-12)18-13-6-3-7-16-14(13)19-10-15-9-17-19/h3,6-7,9-12,18H,2,4-5,8H2,1H3. The molecule has 6 nitrogen and oxygen atoms in total. The van der Waals surface area contributed by atoms with Crippen molar-refractivity contribution >= 4 is 5.69 Å². The molecular weight excluding hydrogens is 254 g/mol. The van der Waals surface area contributed by atoms with Gasteiger partial charge in [-0.3, -0.25) is 0 Å². The Kier molecular flexibility index (Phi) is 3.92. The summed E-state index contributed by atoms with van der Waals surface area (Å²) >= 11 is 0. The van der Waals surface area contributed by atoms with E-state index in [0.29, 0.717) is 12.1 Å². The third-order valence-electron chi connectivity index (χ3n) is 3.74. The Hall–Kier alpha value is -1.95. The highest BCUT2D eigenvalue weighted by atomic mass is 16.5. The summed E-state index contributed by atoms with van der Waals surface area (Å²) in [6, 6.07) is 4.37. The van der Waals surface area contributed by atoms with Gasteiger partial charge in [-0.2, -0.15) is 5.10 Å². The molecule has 0 aromatic carbocycles. The summed E-state index contributed by atoms with van der Waals surface area (Å²) in [6.07, 6.45) is 9.82. The number of anilines is 1. The Morgan fingerprint density at radius 1 is 1.40 bits per heavy atom. The van der Waals surface area contributed by atoms with Crippen LogP contribution in [0.15, 0.2) is 31.0 Å². The van der Waals surface area contributed by atoms with E-state index in [1.807, 2.05) is 12.1 Å². The predicted molar refractivity (Wildman–Crippen MR) is 75.8 cm³/mol. The van der Waals surface area contributed by atoms with Gasteiger partial charge in [-0.15, -0.1) is 0 Å². The molecule has 106 valence electrons. The smallest absolute Gasteiger partial charge is 0.178 e. The number of pyridine rings is 1. The normalized spacial score (nSPS) is 22.6. The van der Waals surface area contributed by atoms with Gasteiger partial charge in [0.15, 0.2) is 5.82 Å². The van der Waals surface area contributed by atoms with E-state index in [2.05, 4.69) is 20.4 Å². The van der Waals surface area contributed by atoms with Crippen molar-refractivity contribution in [3.8, 4) is 5.82 Å². The zero-order valence-corrected chi connectivity index (χ0v) is 11.6. The van der Waals surface area contributed by atoms with Gasteiger partial charge in [-0.05, 0) is 37.8 Å². The Morgan fingerprint density at radius 2 is 2.35 bits per heavy atom. The van der Waals surface area contributed by atoms with Gasteiger partial charge in [-0.25, -0.2) is 14.6 Å². The Morgan fingerprint density at radius 3 is 3.15 bits per heavy atom. The molecule has 2 atom stereocenters. The van der Waals surface area contributed by atoms with Gasteiger partial charge in [0.25, 0.3) is 0 Å². The first-order valence-corrected chi connectivity index (χ1v) is 6.96. The summed E-state index contributed by atoms with van der Waals surface area (Å²) in [5, 5.41) is 7.72. The van der Waals surface area contributed by atoms with Crippen molar-refractivity contribution < 1.29 is 4.74 Å². The molecule has 2 unspecified atom stereocenters. The minimum Gasteiger partial charge on any atom is -0.381 e. The van der Waals surface area contributed by atoms with E-state index in [4.69, 9.17) is 4.74 Å². The minimum atomic E-state index is 0.354. The number of hydrogen-bond donors (Lipinski definition) is 1. The summed E-state index contributed by atoms with van der Waals surface area (Å²) < 4.78 is 7.16. The van der Waals surface area contributed by atoms with Gasteiger partial charge in [0.2, 0.25) is 0 Å². The number of nitrogens with zero attached hydrogens (tertiary/aromatic N) is 4. The van der Waals surface area contributed by atoms with Crippen LogP contribution in [0.5, 0.6) is 0 Å². The second-order valence-corrected chi connectivity index (χ2v) is 5.08. The Balaban J connectivity index is 1.77. The van der Waals surface area contributed by atoms with Crippen molar-refractivity contribution in [2.75, 3.05) is 12.4 Å². The van der Waals surface area contributed by atoms with Gasteiger partial charge in [0.1, 0.15) is 12.7 Å². The molecule has 20 heavy (non-hydrogen) atoms. The molecule has 6 heteroatoms. The molecule has 0 bridgehead atoms. The van der Waals surface area contributed by atoms with Crippen molar-refractivity contribution in [3.05, 3.63) is 31.0 Å². The lowest BCUT2D eigenvalue weighted by Crippen LogP contribution is -2.31. The number of ether oxygens (including phenoxy) is 1. The summed E-state index contributed by atoms with van der Waals surface area (Å²) in [5.41, 5.74) is 0.986. The maximum atomic E-state index is 5.48. The van der Waals surface area contributed by atoms with Gasteiger partial charge in [0.05, 0.1) is 11.8 Å². The lowest BCUT2D eigenvalue weighted by Gasteiger charge is -2.29. The second kappa shape index (κ2) is 6.00. The van der Waals surface area contributed by atoms with Crippen molar-refractivity contribution in [3.63, 3.8) is 0 Å². The second-order valence-electron chi connectivity index (χ2n) is 5.08. The topological polar surface area (TPSA) is 64.9 Å². The van der Waals surface area contributed by atoms with Crippen molar-refractivity contribution in [2.24, 2.45) is 0 Å². The molecule has 0 amide bonds. The van der Waals surface area contributed by atoms with Gasteiger partial charge < -0.3 is 10.1 Å². The van der Waals surface area contributed by atoms with Crippen LogP contribution in [0, 0.1) is 0 Å². The lowest BCUT2D eigenvalue weighted by molar-refractivity contribution is 0.0669. The van der Waals surface area contributed by atoms with Crippen molar-refractivity contribution in [2.45, 2.75) is 37.8 Å². The van der Waals surface area contributed by atoms with E-state index in [-0.39, 0.29) is 0 Å². The van der Waals surface area contributed by atoms with Crippen molar-refractivity contribution in [1.82, 2.24) is 19.7 Å². The van der Waals surface area contributed by atoms with E-state index in [0.717, 1.165) is 30.8 Å². The maximum absolute atomic E-state index is 5.48. The zero-order chi connectivity index (χ0) is 13.8. The van der Waals surface area contributed by atoms with Crippen LogP contribution in [0.4, 0.5) is 5.69 Å².